The summed E-state index contributed by atoms with van der Waals surface area (Å²) >= 11 is 0. The number of nitrogens with zero attached hydrogens (tertiary/aromatic N) is 3. The summed E-state index contributed by atoms with van der Waals surface area (Å²) in [6, 6.07) is 11.6. The van der Waals surface area contributed by atoms with Crippen LogP contribution in [0.5, 0.6) is 0 Å². The molecule has 152 valence electrons. The van der Waals surface area contributed by atoms with Gasteiger partial charge >= 0.3 is 0 Å². The zero-order valence-corrected chi connectivity index (χ0v) is 16.6. The Morgan fingerprint density at radius 2 is 2.03 bits per heavy atom. The molecule has 0 bridgehead atoms. The van der Waals surface area contributed by atoms with Gasteiger partial charge in [0, 0.05) is 13.0 Å². The Bertz CT molecular complexity index is 905. The highest BCUT2D eigenvalue weighted by Crippen LogP contribution is 2.33. The van der Waals surface area contributed by atoms with Gasteiger partial charge in [-0.2, -0.15) is 5.10 Å². The molecular formula is C22H26N4O3. The highest BCUT2D eigenvalue weighted by atomic mass is 16.3. The van der Waals surface area contributed by atoms with Crippen molar-refractivity contribution in [2.45, 2.75) is 32.2 Å². The van der Waals surface area contributed by atoms with Gasteiger partial charge in [0.25, 0.3) is 5.91 Å². The third-order valence-electron chi connectivity index (χ3n) is 5.69. The number of carbonyl (C=O) groups excluding carboxylic acids is 2. The van der Waals surface area contributed by atoms with Gasteiger partial charge in [0.15, 0.2) is 0 Å². The van der Waals surface area contributed by atoms with Crippen molar-refractivity contribution in [2.24, 2.45) is 16.8 Å². The number of aryl methyl sites for hydroxylation is 1. The fourth-order valence-electron chi connectivity index (χ4n) is 4.06. The van der Waals surface area contributed by atoms with Crippen LogP contribution in [0.2, 0.25) is 0 Å². The highest BCUT2D eigenvalue weighted by Gasteiger charge is 2.36. The summed E-state index contributed by atoms with van der Waals surface area (Å²) in [6.07, 6.45) is 3.87. The number of hydrogen-bond acceptors (Lipinski definition) is 5. The van der Waals surface area contributed by atoms with E-state index in [9.17, 15) is 9.59 Å². The normalized spacial score (nSPS) is 22.5. The molecule has 2 aromatic rings. The molecule has 7 nitrogen and oxygen atoms in total. The van der Waals surface area contributed by atoms with Crippen molar-refractivity contribution in [2.75, 3.05) is 19.6 Å². The monoisotopic (exact) mass is 394 g/mol. The Balaban J connectivity index is 1.53. The van der Waals surface area contributed by atoms with E-state index >= 15 is 0 Å². The number of furan rings is 1. The Hall–Kier alpha value is -2.93. The Morgan fingerprint density at radius 3 is 2.72 bits per heavy atom. The van der Waals surface area contributed by atoms with Gasteiger partial charge in [-0.25, -0.2) is 5.01 Å². The number of primary amides is 1. The van der Waals surface area contributed by atoms with Gasteiger partial charge in [-0.3, -0.25) is 14.5 Å². The van der Waals surface area contributed by atoms with Gasteiger partial charge in [-0.15, -0.1) is 0 Å². The van der Waals surface area contributed by atoms with Crippen LogP contribution in [0.3, 0.4) is 0 Å². The number of hydrogen-bond donors (Lipinski definition) is 1. The second kappa shape index (κ2) is 8.21. The van der Waals surface area contributed by atoms with Crippen LogP contribution in [0, 0.1) is 12.8 Å². The van der Waals surface area contributed by atoms with Crippen LogP contribution in [-0.2, 0) is 9.59 Å². The quantitative estimate of drug-likeness (QED) is 0.843. The number of hydrazone groups is 1. The lowest BCUT2D eigenvalue weighted by Crippen LogP contribution is -2.45. The van der Waals surface area contributed by atoms with E-state index in [0.717, 1.165) is 36.4 Å². The van der Waals surface area contributed by atoms with E-state index < -0.39 is 0 Å². The fraction of sp³-hybridized carbons (Fsp3) is 0.409. The summed E-state index contributed by atoms with van der Waals surface area (Å²) in [7, 11) is 0. The number of benzene rings is 1. The molecule has 0 aliphatic carbocycles. The number of likely N-dealkylation sites (tertiary alicyclic amines) is 1. The molecule has 4 rings (SSSR count). The molecule has 1 aromatic heterocycles. The fourth-order valence-corrected chi connectivity index (χ4v) is 4.06. The van der Waals surface area contributed by atoms with Crippen molar-refractivity contribution in [1.82, 2.24) is 9.91 Å². The van der Waals surface area contributed by atoms with Crippen LogP contribution in [-0.4, -0.2) is 47.1 Å². The molecule has 0 radical (unpaired) electrons. The molecule has 0 unspecified atom stereocenters. The second-order valence-corrected chi connectivity index (χ2v) is 7.86. The minimum absolute atomic E-state index is 0.0985. The SMILES string of the molecule is Cc1ccc(C2=NN(C(=O)CN3CCC[C@@H](C(N)=O)C3)[C@@H](c3ccco3)C2)cc1. The lowest BCUT2D eigenvalue weighted by atomic mass is 9.97. The van der Waals surface area contributed by atoms with Gasteiger partial charge in [0.1, 0.15) is 11.8 Å². The minimum atomic E-state index is -0.295. The van der Waals surface area contributed by atoms with Crippen molar-refractivity contribution in [1.29, 1.82) is 0 Å². The molecule has 2 aliphatic rings. The first-order chi connectivity index (χ1) is 14.0. The molecule has 1 fully saturated rings. The van der Waals surface area contributed by atoms with Crippen LogP contribution in [0.25, 0.3) is 0 Å². The van der Waals surface area contributed by atoms with Crippen LogP contribution >= 0.6 is 0 Å². The second-order valence-electron chi connectivity index (χ2n) is 7.86. The van der Waals surface area contributed by atoms with E-state index in [1.807, 2.05) is 48.2 Å². The van der Waals surface area contributed by atoms with E-state index in [1.165, 1.54) is 5.56 Å². The van der Waals surface area contributed by atoms with Gasteiger partial charge in [0.05, 0.1) is 24.4 Å². The van der Waals surface area contributed by atoms with Crippen LogP contribution in [0.4, 0.5) is 0 Å². The van der Waals surface area contributed by atoms with Gasteiger partial charge in [-0.1, -0.05) is 29.8 Å². The third kappa shape index (κ3) is 4.24. The first-order valence-corrected chi connectivity index (χ1v) is 10.0. The number of rotatable bonds is 5. The summed E-state index contributed by atoms with van der Waals surface area (Å²) in [5, 5.41) is 6.21. The number of carbonyl (C=O) groups is 2. The molecule has 3 heterocycles. The maximum absolute atomic E-state index is 13.1. The molecule has 2 amide bonds. The van der Waals surface area contributed by atoms with E-state index in [2.05, 4.69) is 5.10 Å². The minimum Gasteiger partial charge on any atom is -0.467 e. The van der Waals surface area contributed by atoms with Gasteiger partial charge in [0.2, 0.25) is 5.91 Å². The smallest absolute Gasteiger partial charge is 0.257 e. The number of nitrogens with two attached hydrogens (primary N) is 1. The van der Waals surface area contributed by atoms with Crippen molar-refractivity contribution >= 4 is 17.5 Å². The maximum Gasteiger partial charge on any atom is 0.257 e. The molecule has 0 saturated carbocycles. The molecule has 2 N–H and O–H groups in total. The summed E-state index contributed by atoms with van der Waals surface area (Å²) in [6.45, 7) is 3.56. The largest absolute Gasteiger partial charge is 0.467 e. The summed E-state index contributed by atoms with van der Waals surface area (Å²) in [5.41, 5.74) is 8.52. The van der Waals surface area contributed by atoms with Gasteiger partial charge < -0.3 is 10.2 Å². The van der Waals surface area contributed by atoms with Gasteiger partial charge in [-0.05, 0) is 44.0 Å². The third-order valence-corrected chi connectivity index (χ3v) is 5.69. The average Bonchev–Trinajstić information content (AvgIpc) is 3.38. The van der Waals surface area contributed by atoms with Crippen molar-refractivity contribution in [3.05, 3.63) is 59.5 Å². The van der Waals surface area contributed by atoms with E-state index in [-0.39, 0.29) is 30.3 Å². The zero-order chi connectivity index (χ0) is 20.4. The maximum atomic E-state index is 13.1. The summed E-state index contributed by atoms with van der Waals surface area (Å²) in [4.78, 5) is 26.7. The summed E-state index contributed by atoms with van der Waals surface area (Å²) < 4.78 is 5.60. The number of piperidine rings is 1. The molecule has 1 aromatic carbocycles. The lowest BCUT2D eigenvalue weighted by molar-refractivity contribution is -0.136. The van der Waals surface area contributed by atoms with Crippen molar-refractivity contribution in [3.8, 4) is 0 Å². The first-order valence-electron chi connectivity index (χ1n) is 10.0. The zero-order valence-electron chi connectivity index (χ0n) is 16.6. The van der Waals surface area contributed by atoms with Crippen LogP contribution in [0.15, 0.2) is 52.2 Å². The molecule has 2 atom stereocenters. The molecule has 2 aliphatic heterocycles. The molecule has 7 heteroatoms. The molecule has 29 heavy (non-hydrogen) atoms. The highest BCUT2D eigenvalue weighted by molar-refractivity contribution is 6.03. The Kier molecular flexibility index (Phi) is 5.49. The lowest BCUT2D eigenvalue weighted by Gasteiger charge is -2.31. The van der Waals surface area contributed by atoms with Crippen molar-refractivity contribution in [3.63, 3.8) is 0 Å². The van der Waals surface area contributed by atoms with Crippen LogP contribution in [0.1, 0.15) is 42.2 Å². The average molecular weight is 394 g/mol. The van der Waals surface area contributed by atoms with Crippen LogP contribution < -0.4 is 5.73 Å². The van der Waals surface area contributed by atoms with E-state index in [4.69, 9.17) is 10.2 Å². The van der Waals surface area contributed by atoms with Crippen molar-refractivity contribution < 1.29 is 14.0 Å². The topological polar surface area (TPSA) is 92.1 Å². The predicted molar refractivity (Wildman–Crippen MR) is 109 cm³/mol. The van der Waals surface area contributed by atoms with E-state index in [0.29, 0.717) is 13.0 Å². The Labute approximate surface area is 170 Å². The summed E-state index contributed by atoms with van der Waals surface area (Å²) in [5.74, 6) is 0.135. The molecule has 1 saturated heterocycles. The number of amides is 2. The standard InChI is InChI=1S/C22H26N4O3/c1-15-6-8-16(9-7-15)18-12-19(20-5-3-11-29-20)26(24-18)21(27)14-25-10-2-4-17(13-25)22(23)28/h3,5-9,11,17,19H,2,4,10,12-14H2,1H3,(H2,23,28)/t17-,19-/m1/s1. The molecule has 0 spiro atoms. The first kappa shape index (κ1) is 19.4. The van der Waals surface area contributed by atoms with E-state index in [1.54, 1.807) is 11.3 Å². The predicted octanol–water partition coefficient (Wildman–Crippen LogP) is 2.46. The molecular weight excluding hydrogens is 368 g/mol. The Morgan fingerprint density at radius 1 is 1.24 bits per heavy atom.